The number of hydrogen-bond acceptors (Lipinski definition) is 6. The smallest absolute Gasteiger partial charge is 0.363 e. The van der Waals surface area contributed by atoms with Gasteiger partial charge in [0.25, 0.3) is 0 Å². The minimum absolute atomic E-state index is 0.175. The second kappa shape index (κ2) is 8.52. The Morgan fingerprint density at radius 2 is 1.96 bits per heavy atom. The lowest BCUT2D eigenvalue weighted by Gasteiger charge is -2.09. The molecule has 0 N–H and O–H groups in total. The second-order valence-electron chi connectivity index (χ2n) is 6.29. The number of aliphatic imine (C=N–C) groups is 1. The molecule has 1 aliphatic heterocycles. The average Bonchev–Trinajstić information content (AvgIpc) is 3.03. The summed E-state index contributed by atoms with van der Waals surface area (Å²) in [6, 6.07) is 12.6. The van der Waals surface area contributed by atoms with Crippen molar-refractivity contribution in [2.24, 2.45) is 4.99 Å². The van der Waals surface area contributed by atoms with Crippen molar-refractivity contribution in [2.75, 3.05) is 7.11 Å². The average molecular weight is 379 g/mol. The molecule has 0 unspecified atom stereocenters. The van der Waals surface area contributed by atoms with Gasteiger partial charge in [-0.25, -0.2) is 9.79 Å². The van der Waals surface area contributed by atoms with Gasteiger partial charge in [-0.3, -0.25) is 4.79 Å². The molecule has 2 aromatic carbocycles. The molecule has 0 aliphatic carbocycles. The normalized spacial score (nSPS) is 14.6. The first-order chi connectivity index (χ1) is 13.5. The van der Waals surface area contributed by atoms with E-state index < -0.39 is 5.97 Å². The van der Waals surface area contributed by atoms with E-state index in [9.17, 15) is 9.59 Å². The molecule has 0 saturated heterocycles. The van der Waals surface area contributed by atoms with Crippen LogP contribution in [0.2, 0.25) is 0 Å². The zero-order chi connectivity index (χ0) is 20.1. The molecular weight excluding hydrogens is 358 g/mol. The molecule has 0 amide bonds. The molecule has 0 fully saturated rings. The number of rotatable bonds is 6. The number of carbonyl (C=O) groups excluding carboxylic acids is 2. The minimum Gasteiger partial charge on any atom is -0.493 e. The molecule has 0 aromatic heterocycles. The lowest BCUT2D eigenvalue weighted by molar-refractivity contribution is -0.134. The Bertz CT molecular complexity index is 975. The molecular formula is C22H21NO5. The fourth-order valence-corrected chi connectivity index (χ4v) is 2.74. The number of benzene rings is 2. The highest BCUT2D eigenvalue weighted by molar-refractivity contribution is 6.13. The van der Waals surface area contributed by atoms with E-state index in [1.165, 1.54) is 7.11 Å². The lowest BCUT2D eigenvalue weighted by Crippen LogP contribution is -2.08. The number of carbonyl (C=O) groups is 2. The molecule has 144 valence electrons. The number of esters is 2. The first-order valence-electron chi connectivity index (χ1n) is 8.99. The van der Waals surface area contributed by atoms with Crippen molar-refractivity contribution < 1.29 is 23.8 Å². The van der Waals surface area contributed by atoms with Crippen molar-refractivity contribution in [3.8, 4) is 11.5 Å². The van der Waals surface area contributed by atoms with E-state index in [4.69, 9.17) is 14.2 Å². The van der Waals surface area contributed by atoms with Crippen molar-refractivity contribution in [1.29, 1.82) is 0 Å². The monoisotopic (exact) mass is 379 g/mol. The Labute approximate surface area is 163 Å². The van der Waals surface area contributed by atoms with Crippen LogP contribution in [0, 0.1) is 6.92 Å². The SMILES string of the molecule is CCCC(=O)Oc1cc(/C=C2/N=C(c3ccccc3C)OC2=O)ccc1OC. The highest BCUT2D eigenvalue weighted by Crippen LogP contribution is 2.30. The molecule has 6 nitrogen and oxygen atoms in total. The van der Waals surface area contributed by atoms with E-state index in [1.54, 1.807) is 24.3 Å². The van der Waals surface area contributed by atoms with Crippen molar-refractivity contribution in [1.82, 2.24) is 0 Å². The predicted molar refractivity (Wildman–Crippen MR) is 105 cm³/mol. The van der Waals surface area contributed by atoms with E-state index >= 15 is 0 Å². The first-order valence-corrected chi connectivity index (χ1v) is 8.99. The standard InChI is InChI=1S/C22H21NO5/c1-4-7-20(24)27-19-13-15(10-11-18(19)26-3)12-17-22(25)28-21(23-17)16-9-6-5-8-14(16)2/h5-6,8-13H,4,7H2,1-3H3/b17-12+. The number of cyclic esters (lactones) is 1. The summed E-state index contributed by atoms with van der Waals surface area (Å²) >= 11 is 0. The van der Waals surface area contributed by atoms with E-state index in [1.807, 2.05) is 38.1 Å². The van der Waals surface area contributed by atoms with E-state index in [0.29, 0.717) is 29.9 Å². The Kier molecular flexibility index (Phi) is 5.89. The second-order valence-corrected chi connectivity index (χ2v) is 6.29. The van der Waals surface area contributed by atoms with Gasteiger partial charge in [0.15, 0.2) is 17.2 Å². The molecule has 0 saturated carbocycles. The van der Waals surface area contributed by atoms with Crippen LogP contribution in [0.4, 0.5) is 0 Å². The topological polar surface area (TPSA) is 74.2 Å². The zero-order valence-electron chi connectivity index (χ0n) is 16.0. The van der Waals surface area contributed by atoms with Crippen LogP contribution in [0.1, 0.15) is 36.5 Å². The van der Waals surface area contributed by atoms with Gasteiger partial charge >= 0.3 is 11.9 Å². The van der Waals surface area contributed by atoms with Gasteiger partial charge in [0.2, 0.25) is 5.90 Å². The van der Waals surface area contributed by atoms with Gasteiger partial charge in [0.1, 0.15) is 0 Å². The molecule has 3 rings (SSSR count). The largest absolute Gasteiger partial charge is 0.493 e. The van der Waals surface area contributed by atoms with Crippen molar-refractivity contribution in [3.05, 3.63) is 64.9 Å². The molecule has 6 heteroatoms. The molecule has 1 aliphatic rings. The summed E-state index contributed by atoms with van der Waals surface area (Å²) in [5, 5.41) is 0. The van der Waals surface area contributed by atoms with Gasteiger partial charge in [0.05, 0.1) is 7.11 Å². The molecule has 2 aromatic rings. The van der Waals surface area contributed by atoms with Gasteiger partial charge in [-0.2, -0.15) is 0 Å². The number of methoxy groups -OCH3 is 1. The van der Waals surface area contributed by atoms with Crippen molar-refractivity contribution in [2.45, 2.75) is 26.7 Å². The number of ether oxygens (including phenoxy) is 3. The summed E-state index contributed by atoms with van der Waals surface area (Å²) in [5.74, 6) is 0.135. The molecule has 0 radical (unpaired) electrons. The van der Waals surface area contributed by atoms with Crippen LogP contribution in [0.15, 0.2) is 53.2 Å². The fourth-order valence-electron chi connectivity index (χ4n) is 2.74. The third-order valence-electron chi connectivity index (χ3n) is 4.16. The summed E-state index contributed by atoms with van der Waals surface area (Å²) in [7, 11) is 1.50. The molecule has 0 spiro atoms. The number of hydrogen-bond donors (Lipinski definition) is 0. The Morgan fingerprint density at radius 3 is 2.68 bits per heavy atom. The van der Waals surface area contributed by atoms with E-state index in [2.05, 4.69) is 4.99 Å². The number of aryl methyl sites for hydroxylation is 1. The van der Waals surface area contributed by atoms with Crippen LogP contribution in [0.3, 0.4) is 0 Å². The summed E-state index contributed by atoms with van der Waals surface area (Å²) in [6.07, 6.45) is 2.59. The number of nitrogens with zero attached hydrogens (tertiary/aromatic N) is 1. The van der Waals surface area contributed by atoms with Crippen LogP contribution in [0.25, 0.3) is 6.08 Å². The molecule has 28 heavy (non-hydrogen) atoms. The van der Waals surface area contributed by atoms with Gasteiger partial charge in [-0.05, 0) is 48.7 Å². The maximum absolute atomic E-state index is 12.2. The summed E-state index contributed by atoms with van der Waals surface area (Å²) in [6.45, 7) is 3.82. The van der Waals surface area contributed by atoms with Crippen LogP contribution in [-0.4, -0.2) is 24.9 Å². The fraction of sp³-hybridized carbons (Fsp3) is 0.227. The minimum atomic E-state index is -0.529. The molecule has 0 atom stereocenters. The lowest BCUT2D eigenvalue weighted by atomic mass is 10.1. The third kappa shape index (κ3) is 4.28. The van der Waals surface area contributed by atoms with Crippen LogP contribution >= 0.6 is 0 Å². The maximum Gasteiger partial charge on any atom is 0.363 e. The van der Waals surface area contributed by atoms with E-state index in [-0.39, 0.29) is 17.6 Å². The van der Waals surface area contributed by atoms with Crippen LogP contribution < -0.4 is 9.47 Å². The van der Waals surface area contributed by atoms with Crippen molar-refractivity contribution >= 4 is 23.9 Å². The highest BCUT2D eigenvalue weighted by atomic mass is 16.6. The van der Waals surface area contributed by atoms with Gasteiger partial charge < -0.3 is 14.2 Å². The first kappa shape index (κ1) is 19.4. The summed E-state index contributed by atoms with van der Waals surface area (Å²) in [4.78, 5) is 28.4. The molecule has 1 heterocycles. The van der Waals surface area contributed by atoms with Crippen molar-refractivity contribution in [3.63, 3.8) is 0 Å². The third-order valence-corrected chi connectivity index (χ3v) is 4.16. The predicted octanol–water partition coefficient (Wildman–Crippen LogP) is 4.05. The van der Waals surface area contributed by atoms with Gasteiger partial charge in [-0.15, -0.1) is 0 Å². The zero-order valence-corrected chi connectivity index (χ0v) is 16.0. The Hall–Kier alpha value is -3.41. The summed E-state index contributed by atoms with van der Waals surface area (Å²) < 4.78 is 15.9. The van der Waals surface area contributed by atoms with Gasteiger partial charge in [0, 0.05) is 12.0 Å². The maximum atomic E-state index is 12.2. The van der Waals surface area contributed by atoms with Gasteiger partial charge in [-0.1, -0.05) is 31.2 Å². The van der Waals surface area contributed by atoms with E-state index in [0.717, 1.165) is 11.1 Å². The Morgan fingerprint density at radius 1 is 1.18 bits per heavy atom. The van der Waals surface area contributed by atoms with Crippen LogP contribution in [0.5, 0.6) is 11.5 Å². The summed E-state index contributed by atoms with van der Waals surface area (Å²) in [5.41, 5.74) is 2.55. The molecule has 0 bridgehead atoms. The highest BCUT2D eigenvalue weighted by Gasteiger charge is 2.25. The quantitative estimate of drug-likeness (QED) is 0.430. The van der Waals surface area contributed by atoms with Crippen LogP contribution in [-0.2, 0) is 14.3 Å². The Balaban J connectivity index is 1.91.